The fourth-order valence-corrected chi connectivity index (χ4v) is 4.23. The summed E-state index contributed by atoms with van der Waals surface area (Å²) < 4.78 is 0. The molecule has 104 valence electrons. The summed E-state index contributed by atoms with van der Waals surface area (Å²) in [5, 5.41) is 4.17. The molecule has 1 saturated heterocycles. The van der Waals surface area contributed by atoms with Crippen LogP contribution in [0.25, 0.3) is 0 Å². The van der Waals surface area contributed by atoms with Gasteiger partial charge in [0, 0.05) is 37.9 Å². The van der Waals surface area contributed by atoms with Crippen LogP contribution in [0.2, 0.25) is 0 Å². The van der Waals surface area contributed by atoms with Gasteiger partial charge in [-0.15, -0.1) is 0 Å². The average molecular weight is 317 g/mol. The number of rotatable bonds is 4. The number of alkyl halides is 1. The summed E-state index contributed by atoms with van der Waals surface area (Å²) >= 11 is 3.73. The van der Waals surface area contributed by atoms with Crippen molar-refractivity contribution in [2.75, 3.05) is 25.0 Å². The predicted octanol–water partition coefficient (Wildman–Crippen LogP) is 2.54. The van der Waals surface area contributed by atoms with Crippen LogP contribution in [0.3, 0.4) is 0 Å². The van der Waals surface area contributed by atoms with Crippen molar-refractivity contribution in [2.45, 2.75) is 51.5 Å². The molecule has 4 heteroatoms. The number of likely N-dealkylation sites (tertiary alicyclic amines) is 1. The molecular formula is C14H25BrN2O. The highest BCUT2D eigenvalue weighted by Gasteiger charge is 2.35. The number of halogens is 1. The van der Waals surface area contributed by atoms with Gasteiger partial charge in [0.1, 0.15) is 0 Å². The lowest BCUT2D eigenvalue weighted by Crippen LogP contribution is -2.41. The van der Waals surface area contributed by atoms with Crippen LogP contribution >= 0.6 is 15.9 Å². The van der Waals surface area contributed by atoms with Gasteiger partial charge in [0.05, 0.1) is 0 Å². The minimum absolute atomic E-state index is 0.106. The smallest absolute Gasteiger partial charge is 0.217 e. The molecule has 1 aliphatic carbocycles. The first-order chi connectivity index (χ1) is 8.63. The Kier molecular flexibility index (Phi) is 5.07. The number of hydrogen-bond acceptors (Lipinski definition) is 2. The number of amides is 1. The molecule has 1 amide bonds. The highest BCUT2D eigenvalue weighted by molar-refractivity contribution is 9.09. The first-order valence-corrected chi connectivity index (χ1v) is 8.31. The zero-order valence-corrected chi connectivity index (χ0v) is 13.0. The Balaban J connectivity index is 1.84. The molecule has 0 bridgehead atoms. The molecule has 0 aromatic rings. The number of nitrogens with zero attached hydrogens (tertiary/aromatic N) is 1. The predicted molar refractivity (Wildman–Crippen MR) is 78.0 cm³/mol. The van der Waals surface area contributed by atoms with E-state index in [0.717, 1.165) is 24.8 Å². The quantitative estimate of drug-likeness (QED) is 0.808. The minimum Gasteiger partial charge on any atom is -0.352 e. The van der Waals surface area contributed by atoms with Gasteiger partial charge in [0.25, 0.3) is 0 Å². The van der Waals surface area contributed by atoms with Gasteiger partial charge in [-0.05, 0) is 24.7 Å². The third kappa shape index (κ3) is 3.70. The van der Waals surface area contributed by atoms with Crippen LogP contribution in [0.15, 0.2) is 0 Å². The van der Waals surface area contributed by atoms with Gasteiger partial charge in [0.2, 0.25) is 5.91 Å². The molecule has 2 fully saturated rings. The molecule has 1 aliphatic heterocycles. The van der Waals surface area contributed by atoms with E-state index in [1.807, 2.05) is 0 Å². The van der Waals surface area contributed by atoms with Crippen LogP contribution in [0.4, 0.5) is 0 Å². The van der Waals surface area contributed by atoms with Gasteiger partial charge >= 0.3 is 0 Å². The Hall–Kier alpha value is -0.0900. The molecule has 3 nitrogen and oxygen atoms in total. The third-order valence-corrected chi connectivity index (χ3v) is 5.63. The first-order valence-electron chi connectivity index (χ1n) is 7.19. The topological polar surface area (TPSA) is 32.3 Å². The van der Waals surface area contributed by atoms with Gasteiger partial charge in [-0.25, -0.2) is 0 Å². The Morgan fingerprint density at radius 3 is 2.72 bits per heavy atom. The minimum atomic E-state index is 0.106. The largest absolute Gasteiger partial charge is 0.352 e. The third-order valence-electron chi connectivity index (χ3n) is 4.44. The van der Waals surface area contributed by atoms with Crippen LogP contribution in [0.5, 0.6) is 0 Å². The molecule has 2 rings (SSSR count). The highest BCUT2D eigenvalue weighted by atomic mass is 79.9. The van der Waals surface area contributed by atoms with E-state index in [1.165, 1.54) is 38.6 Å². The van der Waals surface area contributed by atoms with Gasteiger partial charge in [0.15, 0.2) is 0 Å². The lowest BCUT2D eigenvalue weighted by molar-refractivity contribution is -0.119. The normalized spacial score (nSPS) is 28.2. The molecule has 0 spiro atoms. The fourth-order valence-electron chi connectivity index (χ4n) is 3.49. The summed E-state index contributed by atoms with van der Waals surface area (Å²) in [7, 11) is 0. The summed E-state index contributed by atoms with van der Waals surface area (Å²) in [5.41, 5.74) is 0.489. The lowest BCUT2D eigenvalue weighted by atomic mass is 9.75. The monoisotopic (exact) mass is 316 g/mol. The average Bonchev–Trinajstić information content (AvgIpc) is 2.76. The van der Waals surface area contributed by atoms with Crippen molar-refractivity contribution in [1.29, 1.82) is 0 Å². The summed E-state index contributed by atoms with van der Waals surface area (Å²) in [4.78, 5) is 13.6. The summed E-state index contributed by atoms with van der Waals surface area (Å²) in [6.07, 6.45) is 8.00. The van der Waals surface area contributed by atoms with Crippen molar-refractivity contribution in [3.8, 4) is 0 Å². The SMILES string of the molecule is CC(=O)NC1CCN(CC2(CBr)CCCCC2)C1. The maximum atomic E-state index is 11.1. The Morgan fingerprint density at radius 2 is 2.11 bits per heavy atom. The van der Waals surface area contributed by atoms with Crippen LogP contribution in [0.1, 0.15) is 45.4 Å². The van der Waals surface area contributed by atoms with Crippen LogP contribution in [-0.4, -0.2) is 41.8 Å². The zero-order valence-electron chi connectivity index (χ0n) is 11.4. The van der Waals surface area contributed by atoms with E-state index < -0.39 is 0 Å². The van der Waals surface area contributed by atoms with Crippen molar-refractivity contribution in [1.82, 2.24) is 10.2 Å². The second-order valence-electron chi connectivity index (χ2n) is 6.12. The molecule has 1 N–H and O–H groups in total. The fraction of sp³-hybridized carbons (Fsp3) is 0.929. The van der Waals surface area contributed by atoms with Crippen molar-refractivity contribution >= 4 is 21.8 Å². The maximum absolute atomic E-state index is 11.1. The van der Waals surface area contributed by atoms with E-state index in [2.05, 4.69) is 26.1 Å². The van der Waals surface area contributed by atoms with Gasteiger partial charge in [-0.2, -0.15) is 0 Å². The molecule has 1 unspecified atom stereocenters. The molecule has 0 aromatic carbocycles. The Morgan fingerprint density at radius 1 is 1.39 bits per heavy atom. The number of nitrogens with one attached hydrogen (secondary N) is 1. The van der Waals surface area contributed by atoms with E-state index in [0.29, 0.717) is 11.5 Å². The number of hydrogen-bond donors (Lipinski definition) is 1. The molecule has 2 aliphatic rings. The summed E-state index contributed by atoms with van der Waals surface area (Å²) in [6.45, 7) is 4.99. The Labute approximate surface area is 119 Å². The summed E-state index contributed by atoms with van der Waals surface area (Å²) in [6, 6.07) is 0.374. The second-order valence-corrected chi connectivity index (χ2v) is 6.68. The molecule has 1 atom stereocenters. The molecule has 0 aromatic heterocycles. The van der Waals surface area contributed by atoms with Gasteiger partial charge in [-0.3, -0.25) is 4.79 Å². The van der Waals surface area contributed by atoms with Crippen LogP contribution < -0.4 is 5.32 Å². The summed E-state index contributed by atoms with van der Waals surface area (Å²) in [5.74, 6) is 0.106. The van der Waals surface area contributed by atoms with Crippen LogP contribution in [-0.2, 0) is 4.79 Å². The lowest BCUT2D eigenvalue weighted by Gasteiger charge is -2.39. The van der Waals surface area contributed by atoms with Gasteiger partial charge < -0.3 is 10.2 Å². The number of carbonyl (C=O) groups excluding carboxylic acids is 1. The maximum Gasteiger partial charge on any atom is 0.217 e. The van der Waals surface area contributed by atoms with E-state index >= 15 is 0 Å². The van der Waals surface area contributed by atoms with E-state index in [4.69, 9.17) is 0 Å². The van der Waals surface area contributed by atoms with E-state index in [9.17, 15) is 4.79 Å². The van der Waals surface area contributed by atoms with E-state index in [-0.39, 0.29) is 5.91 Å². The molecule has 18 heavy (non-hydrogen) atoms. The molecule has 0 radical (unpaired) electrons. The van der Waals surface area contributed by atoms with Crippen LogP contribution in [0, 0.1) is 5.41 Å². The highest BCUT2D eigenvalue weighted by Crippen LogP contribution is 2.39. The number of carbonyl (C=O) groups is 1. The second kappa shape index (κ2) is 6.38. The van der Waals surface area contributed by atoms with Crippen molar-refractivity contribution < 1.29 is 4.79 Å². The zero-order chi connectivity index (χ0) is 13.0. The van der Waals surface area contributed by atoms with Crippen molar-refractivity contribution in [3.05, 3.63) is 0 Å². The molecular weight excluding hydrogens is 292 g/mol. The standard InChI is InChI=1S/C14H25BrN2O/c1-12(18)16-13-5-8-17(9-13)11-14(10-15)6-3-2-4-7-14/h13H,2-11H2,1H3,(H,16,18). The Bertz CT molecular complexity index is 290. The van der Waals surface area contributed by atoms with Gasteiger partial charge in [-0.1, -0.05) is 35.2 Å². The first kappa shape index (κ1) is 14.3. The molecule has 1 saturated carbocycles. The van der Waals surface area contributed by atoms with E-state index in [1.54, 1.807) is 6.92 Å². The van der Waals surface area contributed by atoms with Crippen molar-refractivity contribution in [2.24, 2.45) is 5.41 Å². The van der Waals surface area contributed by atoms with Crippen molar-refractivity contribution in [3.63, 3.8) is 0 Å². The molecule has 1 heterocycles.